The predicted molar refractivity (Wildman–Crippen MR) is 119 cm³/mol. The van der Waals surface area contributed by atoms with E-state index >= 15 is 0 Å². The molecule has 1 aliphatic rings. The van der Waals surface area contributed by atoms with Crippen LogP contribution in [0, 0.1) is 11.3 Å². The van der Waals surface area contributed by atoms with Crippen LogP contribution in [0.2, 0.25) is 5.02 Å². The molecule has 0 aliphatic carbocycles. The molecule has 2 aromatic rings. The number of thiocarbonyl (C=S) groups is 1. The molecule has 3 rings (SSSR count). The Hall–Kier alpha value is -3.16. The number of carbonyl (C=O) groups excluding carboxylic acids is 2. The van der Waals surface area contributed by atoms with Gasteiger partial charge in [0, 0.05) is 12.6 Å². The molecule has 1 fully saturated rings. The Labute approximate surface area is 192 Å². The number of nitrogens with one attached hydrogen (secondary N) is 1. The number of halogens is 4. The van der Waals surface area contributed by atoms with Gasteiger partial charge in [-0.15, -0.1) is 0 Å². The van der Waals surface area contributed by atoms with Crippen LogP contribution in [0.15, 0.2) is 36.4 Å². The molecule has 11 heteroatoms. The molecule has 1 heterocycles. The van der Waals surface area contributed by atoms with Gasteiger partial charge in [-0.1, -0.05) is 11.6 Å². The summed E-state index contributed by atoms with van der Waals surface area (Å²) in [5, 5.41) is 11.8. The lowest BCUT2D eigenvalue weighted by Crippen LogP contribution is -2.44. The third-order valence-corrected chi connectivity index (χ3v) is 5.57. The van der Waals surface area contributed by atoms with Gasteiger partial charge in [0.25, 0.3) is 5.91 Å². The zero-order chi connectivity index (χ0) is 24.0. The lowest BCUT2D eigenvalue weighted by molar-refractivity contribution is -0.137. The number of amides is 2. The molecule has 0 bridgehead atoms. The molecule has 0 unspecified atom stereocenters. The second-order valence-electron chi connectivity index (χ2n) is 7.50. The monoisotopic (exact) mass is 480 g/mol. The lowest BCUT2D eigenvalue weighted by Gasteiger charge is -2.30. The van der Waals surface area contributed by atoms with Crippen molar-refractivity contribution in [2.45, 2.75) is 32.5 Å². The smallest absolute Gasteiger partial charge is 0.325 e. The highest BCUT2D eigenvalue weighted by Crippen LogP contribution is 2.40. The van der Waals surface area contributed by atoms with Gasteiger partial charge in [-0.2, -0.15) is 18.4 Å². The summed E-state index contributed by atoms with van der Waals surface area (Å²) in [5.41, 5.74) is -2.40. The molecule has 0 spiro atoms. The van der Waals surface area contributed by atoms with E-state index in [-0.39, 0.29) is 21.7 Å². The fourth-order valence-electron chi connectivity index (χ4n) is 3.40. The first-order valence-electron chi connectivity index (χ1n) is 9.16. The molecular formula is C21H16ClF3N4O2S. The molecule has 0 saturated carbocycles. The molecule has 1 saturated heterocycles. The van der Waals surface area contributed by atoms with Gasteiger partial charge >= 0.3 is 6.18 Å². The van der Waals surface area contributed by atoms with Crippen LogP contribution in [0.3, 0.4) is 0 Å². The number of nitriles is 1. The van der Waals surface area contributed by atoms with Crippen LogP contribution in [0.5, 0.6) is 0 Å². The van der Waals surface area contributed by atoms with Crippen LogP contribution >= 0.6 is 23.8 Å². The molecule has 0 aromatic heterocycles. The van der Waals surface area contributed by atoms with Gasteiger partial charge in [-0.05, 0) is 62.5 Å². The Morgan fingerprint density at radius 1 is 1.19 bits per heavy atom. The Bertz CT molecular complexity index is 1190. The van der Waals surface area contributed by atoms with Crippen LogP contribution in [0.1, 0.15) is 31.9 Å². The summed E-state index contributed by atoms with van der Waals surface area (Å²) in [6.45, 7) is 4.45. The summed E-state index contributed by atoms with van der Waals surface area (Å²) >= 11 is 11.6. The van der Waals surface area contributed by atoms with Crippen LogP contribution in [0.4, 0.5) is 30.2 Å². The standard InChI is InChI=1S/C21H16ClF3N4O2S/c1-11(30)27-17-9-14(6-7-16(17)22)29-19(32)28(18(31)20(29,2)3)13-5-4-12(10-26)15(8-13)21(23,24)25/h4-9H,1-3H3,(H,27,30). The van der Waals surface area contributed by atoms with E-state index in [9.17, 15) is 22.8 Å². The number of benzene rings is 2. The van der Waals surface area contributed by atoms with Crippen LogP contribution in [-0.2, 0) is 15.8 Å². The number of carbonyl (C=O) groups is 2. The van der Waals surface area contributed by atoms with E-state index in [1.54, 1.807) is 19.9 Å². The van der Waals surface area contributed by atoms with Crippen molar-refractivity contribution >= 4 is 57.8 Å². The van der Waals surface area contributed by atoms with E-state index in [1.165, 1.54) is 36.1 Å². The summed E-state index contributed by atoms with van der Waals surface area (Å²) in [7, 11) is 0. The Morgan fingerprint density at radius 3 is 2.38 bits per heavy atom. The molecular weight excluding hydrogens is 465 g/mol. The van der Waals surface area contributed by atoms with Crippen LogP contribution in [0.25, 0.3) is 0 Å². The first-order chi connectivity index (χ1) is 14.8. The molecule has 1 aliphatic heterocycles. The zero-order valence-corrected chi connectivity index (χ0v) is 18.6. The normalized spacial score (nSPS) is 15.7. The second-order valence-corrected chi connectivity index (χ2v) is 8.27. The van der Waals surface area contributed by atoms with Gasteiger partial charge in [0.05, 0.1) is 33.6 Å². The topological polar surface area (TPSA) is 76.4 Å². The number of hydrogen-bond donors (Lipinski definition) is 1. The number of hydrogen-bond acceptors (Lipinski definition) is 4. The van der Waals surface area contributed by atoms with E-state index < -0.39 is 28.7 Å². The lowest BCUT2D eigenvalue weighted by atomic mass is 10.0. The van der Waals surface area contributed by atoms with Gasteiger partial charge in [-0.3, -0.25) is 14.5 Å². The second kappa shape index (κ2) is 8.07. The maximum atomic E-state index is 13.4. The van der Waals surface area contributed by atoms with Gasteiger partial charge in [0.1, 0.15) is 5.54 Å². The maximum Gasteiger partial charge on any atom is 0.417 e. The van der Waals surface area contributed by atoms with Crippen LogP contribution < -0.4 is 15.1 Å². The molecule has 166 valence electrons. The van der Waals surface area contributed by atoms with Gasteiger partial charge in [0.2, 0.25) is 5.91 Å². The minimum absolute atomic E-state index is 0.0612. The highest BCUT2D eigenvalue weighted by atomic mass is 35.5. The van der Waals surface area contributed by atoms with Gasteiger partial charge in [-0.25, -0.2) is 0 Å². The summed E-state index contributed by atoms with van der Waals surface area (Å²) in [6, 6.07) is 9.09. The van der Waals surface area contributed by atoms with E-state index in [4.69, 9.17) is 29.1 Å². The molecule has 6 nitrogen and oxygen atoms in total. The first kappa shape index (κ1) is 23.5. The first-order valence-corrected chi connectivity index (χ1v) is 9.95. The maximum absolute atomic E-state index is 13.4. The highest BCUT2D eigenvalue weighted by molar-refractivity contribution is 7.81. The Morgan fingerprint density at radius 2 is 1.81 bits per heavy atom. The Balaban J connectivity index is 2.11. The summed E-state index contributed by atoms with van der Waals surface area (Å²) in [6.07, 6.45) is -4.79. The SMILES string of the molecule is CC(=O)Nc1cc(N2C(=S)N(c3ccc(C#N)c(C(F)(F)F)c3)C(=O)C2(C)C)ccc1Cl. The largest absolute Gasteiger partial charge is 0.417 e. The number of nitrogens with zero attached hydrogens (tertiary/aromatic N) is 3. The minimum Gasteiger partial charge on any atom is -0.325 e. The van der Waals surface area contributed by atoms with Crippen molar-refractivity contribution in [3.8, 4) is 6.07 Å². The van der Waals surface area contributed by atoms with Crippen molar-refractivity contribution in [3.63, 3.8) is 0 Å². The van der Waals surface area contributed by atoms with Crippen molar-refractivity contribution in [1.82, 2.24) is 0 Å². The van der Waals surface area contributed by atoms with Crippen molar-refractivity contribution < 1.29 is 22.8 Å². The van der Waals surface area contributed by atoms with Crippen molar-refractivity contribution in [1.29, 1.82) is 5.26 Å². The summed E-state index contributed by atoms with van der Waals surface area (Å²) in [5.74, 6) is -0.918. The predicted octanol–water partition coefficient (Wildman–Crippen LogP) is 5.11. The van der Waals surface area contributed by atoms with E-state index in [0.29, 0.717) is 11.4 Å². The molecule has 32 heavy (non-hydrogen) atoms. The number of rotatable bonds is 3. The molecule has 1 N–H and O–H groups in total. The van der Waals surface area contributed by atoms with Crippen molar-refractivity contribution in [2.75, 3.05) is 15.1 Å². The molecule has 0 radical (unpaired) electrons. The fraction of sp³-hybridized carbons (Fsp3) is 0.238. The summed E-state index contributed by atoms with van der Waals surface area (Å²) in [4.78, 5) is 27.1. The average molecular weight is 481 g/mol. The van der Waals surface area contributed by atoms with E-state index in [2.05, 4.69) is 5.32 Å². The fourth-order valence-corrected chi connectivity index (χ4v) is 4.08. The quantitative estimate of drug-likeness (QED) is 0.618. The van der Waals surface area contributed by atoms with Crippen LogP contribution in [-0.4, -0.2) is 22.5 Å². The molecule has 2 amide bonds. The highest BCUT2D eigenvalue weighted by Gasteiger charge is 2.50. The zero-order valence-electron chi connectivity index (χ0n) is 17.0. The molecule has 0 atom stereocenters. The number of alkyl halides is 3. The van der Waals surface area contributed by atoms with Crippen molar-refractivity contribution in [3.05, 3.63) is 52.5 Å². The average Bonchev–Trinajstić information content (AvgIpc) is 2.86. The summed E-state index contributed by atoms with van der Waals surface area (Å²) < 4.78 is 40.3. The number of anilines is 3. The van der Waals surface area contributed by atoms with E-state index in [1.807, 2.05) is 0 Å². The van der Waals surface area contributed by atoms with Crippen molar-refractivity contribution in [2.24, 2.45) is 0 Å². The third-order valence-electron chi connectivity index (χ3n) is 4.87. The van der Waals surface area contributed by atoms with Gasteiger partial charge in [0.15, 0.2) is 5.11 Å². The van der Waals surface area contributed by atoms with E-state index in [0.717, 1.165) is 17.0 Å². The molecule has 2 aromatic carbocycles. The van der Waals surface area contributed by atoms with Gasteiger partial charge < -0.3 is 10.2 Å². The Kier molecular flexibility index (Phi) is 5.93. The third kappa shape index (κ3) is 4.01. The minimum atomic E-state index is -4.79.